The van der Waals surface area contributed by atoms with Gasteiger partial charge in [0.05, 0.1) is 5.02 Å². The molecule has 98 valence electrons. The zero-order valence-corrected chi connectivity index (χ0v) is 11.6. The second-order valence-electron chi connectivity index (χ2n) is 4.65. The van der Waals surface area contributed by atoms with E-state index in [1.807, 2.05) is 32.0 Å². The molecular formula is C16H14ClFO. The van der Waals surface area contributed by atoms with Gasteiger partial charge in [-0.25, -0.2) is 4.39 Å². The summed E-state index contributed by atoms with van der Waals surface area (Å²) >= 11 is 5.60. The van der Waals surface area contributed by atoms with Crippen LogP contribution in [0.15, 0.2) is 36.4 Å². The van der Waals surface area contributed by atoms with Gasteiger partial charge in [-0.2, -0.15) is 0 Å². The van der Waals surface area contributed by atoms with Crippen molar-refractivity contribution in [2.45, 2.75) is 20.3 Å². The van der Waals surface area contributed by atoms with Crippen LogP contribution in [-0.2, 0) is 6.42 Å². The summed E-state index contributed by atoms with van der Waals surface area (Å²) in [6, 6.07) is 10.0. The molecule has 0 atom stereocenters. The molecule has 0 aliphatic heterocycles. The molecule has 3 heteroatoms. The third-order valence-corrected chi connectivity index (χ3v) is 3.48. The zero-order chi connectivity index (χ0) is 14.0. The summed E-state index contributed by atoms with van der Waals surface area (Å²) in [6.45, 7) is 4.03. The smallest absolute Gasteiger partial charge is 0.167 e. The van der Waals surface area contributed by atoms with Crippen molar-refractivity contribution >= 4 is 17.4 Å². The minimum absolute atomic E-state index is 0.0303. The van der Waals surface area contributed by atoms with Crippen LogP contribution in [0, 0.1) is 19.7 Å². The maximum Gasteiger partial charge on any atom is 0.167 e. The highest BCUT2D eigenvalue weighted by Crippen LogP contribution is 2.18. The van der Waals surface area contributed by atoms with Crippen molar-refractivity contribution in [3.8, 4) is 0 Å². The second-order valence-corrected chi connectivity index (χ2v) is 5.05. The molecule has 0 N–H and O–H groups in total. The van der Waals surface area contributed by atoms with Crippen molar-refractivity contribution in [1.29, 1.82) is 0 Å². The van der Waals surface area contributed by atoms with Crippen LogP contribution in [0.25, 0.3) is 0 Å². The van der Waals surface area contributed by atoms with Crippen LogP contribution in [0.1, 0.15) is 27.0 Å². The van der Waals surface area contributed by atoms with Crippen molar-refractivity contribution in [3.63, 3.8) is 0 Å². The van der Waals surface area contributed by atoms with E-state index in [0.29, 0.717) is 5.56 Å². The molecule has 0 fully saturated rings. The highest BCUT2D eigenvalue weighted by Gasteiger charge is 2.10. The molecule has 0 radical (unpaired) electrons. The molecule has 0 bridgehead atoms. The summed E-state index contributed by atoms with van der Waals surface area (Å²) in [7, 11) is 0. The fourth-order valence-corrected chi connectivity index (χ4v) is 1.99. The number of aryl methyl sites for hydroxylation is 2. The van der Waals surface area contributed by atoms with Crippen LogP contribution >= 0.6 is 11.6 Å². The SMILES string of the molecule is Cc1ccc(CC(=O)c2ccc(Cl)c(F)c2)cc1C. The lowest BCUT2D eigenvalue weighted by Crippen LogP contribution is -2.04. The quantitative estimate of drug-likeness (QED) is 0.753. The van der Waals surface area contributed by atoms with E-state index < -0.39 is 5.82 Å². The van der Waals surface area contributed by atoms with Crippen molar-refractivity contribution in [2.24, 2.45) is 0 Å². The van der Waals surface area contributed by atoms with Gasteiger partial charge in [-0.15, -0.1) is 0 Å². The predicted octanol–water partition coefficient (Wildman–Crippen LogP) is 4.52. The minimum atomic E-state index is -0.562. The van der Waals surface area contributed by atoms with Crippen molar-refractivity contribution < 1.29 is 9.18 Å². The monoisotopic (exact) mass is 276 g/mol. The predicted molar refractivity (Wildman–Crippen MR) is 75.4 cm³/mol. The third kappa shape index (κ3) is 3.21. The molecule has 19 heavy (non-hydrogen) atoms. The number of hydrogen-bond donors (Lipinski definition) is 0. The fourth-order valence-electron chi connectivity index (χ4n) is 1.87. The molecule has 1 nitrogen and oxygen atoms in total. The molecule has 2 rings (SSSR count). The van der Waals surface area contributed by atoms with Gasteiger partial charge < -0.3 is 0 Å². The first-order valence-corrected chi connectivity index (χ1v) is 6.39. The normalized spacial score (nSPS) is 10.5. The van der Waals surface area contributed by atoms with Crippen LogP contribution < -0.4 is 0 Å². The molecule has 0 unspecified atom stereocenters. The van der Waals surface area contributed by atoms with Gasteiger partial charge in [0, 0.05) is 12.0 Å². The van der Waals surface area contributed by atoms with E-state index in [9.17, 15) is 9.18 Å². The Bertz CT molecular complexity index is 635. The Kier molecular flexibility index (Phi) is 4.01. The molecule has 0 saturated heterocycles. The van der Waals surface area contributed by atoms with Gasteiger partial charge in [-0.05, 0) is 48.7 Å². The van der Waals surface area contributed by atoms with Gasteiger partial charge in [0.25, 0.3) is 0 Å². The van der Waals surface area contributed by atoms with Crippen LogP contribution in [0.3, 0.4) is 0 Å². The van der Waals surface area contributed by atoms with Crippen molar-refractivity contribution in [3.05, 3.63) is 69.5 Å². The molecule has 2 aromatic carbocycles. The average Bonchev–Trinajstić information content (AvgIpc) is 2.37. The molecule has 0 saturated carbocycles. The largest absolute Gasteiger partial charge is 0.294 e. The third-order valence-electron chi connectivity index (χ3n) is 3.18. The van der Waals surface area contributed by atoms with E-state index in [2.05, 4.69) is 0 Å². The number of Topliss-reactive ketones (excluding diaryl/α,β-unsaturated/α-hetero) is 1. The summed E-state index contributed by atoms with van der Waals surface area (Å²) in [5.41, 5.74) is 3.62. The molecular weight excluding hydrogens is 263 g/mol. The van der Waals surface area contributed by atoms with Gasteiger partial charge in [-0.3, -0.25) is 4.79 Å². The van der Waals surface area contributed by atoms with Crippen LogP contribution in [0.5, 0.6) is 0 Å². The highest BCUT2D eigenvalue weighted by atomic mass is 35.5. The number of ketones is 1. The first kappa shape index (κ1) is 13.8. The number of carbonyl (C=O) groups excluding carboxylic acids is 1. The van der Waals surface area contributed by atoms with E-state index in [1.165, 1.54) is 17.7 Å². The second kappa shape index (κ2) is 5.54. The van der Waals surface area contributed by atoms with Crippen molar-refractivity contribution in [2.75, 3.05) is 0 Å². The molecule has 0 aliphatic carbocycles. The van der Waals surface area contributed by atoms with Crippen LogP contribution in [-0.4, -0.2) is 5.78 Å². The summed E-state index contributed by atoms with van der Waals surface area (Å²) < 4.78 is 13.3. The van der Waals surface area contributed by atoms with Crippen LogP contribution in [0.2, 0.25) is 5.02 Å². The lowest BCUT2D eigenvalue weighted by Gasteiger charge is -2.05. The summed E-state index contributed by atoms with van der Waals surface area (Å²) in [5, 5.41) is 0.0303. The van der Waals surface area contributed by atoms with E-state index in [-0.39, 0.29) is 17.2 Å². The maximum atomic E-state index is 13.3. The van der Waals surface area contributed by atoms with E-state index in [1.54, 1.807) is 6.07 Å². The number of carbonyl (C=O) groups is 1. The van der Waals surface area contributed by atoms with E-state index in [0.717, 1.165) is 11.1 Å². The summed E-state index contributed by atoms with van der Waals surface area (Å²) in [5.74, 6) is -0.675. The first-order valence-electron chi connectivity index (χ1n) is 6.02. The Labute approximate surface area is 117 Å². The Morgan fingerprint density at radius 3 is 2.47 bits per heavy atom. The maximum absolute atomic E-state index is 13.3. The minimum Gasteiger partial charge on any atom is -0.294 e. The van der Waals surface area contributed by atoms with Gasteiger partial charge in [0.1, 0.15) is 5.82 Å². The number of hydrogen-bond acceptors (Lipinski definition) is 1. The lowest BCUT2D eigenvalue weighted by molar-refractivity contribution is 0.0992. The summed E-state index contributed by atoms with van der Waals surface area (Å²) in [4.78, 5) is 12.1. The van der Waals surface area contributed by atoms with Gasteiger partial charge >= 0.3 is 0 Å². The lowest BCUT2D eigenvalue weighted by atomic mass is 9.99. The van der Waals surface area contributed by atoms with Gasteiger partial charge in [0.15, 0.2) is 5.78 Å². The number of halogens is 2. The Morgan fingerprint density at radius 1 is 1.11 bits per heavy atom. The Hall–Kier alpha value is -1.67. The summed E-state index contributed by atoms with van der Waals surface area (Å²) in [6.07, 6.45) is 0.266. The van der Waals surface area contributed by atoms with E-state index in [4.69, 9.17) is 11.6 Å². The number of rotatable bonds is 3. The molecule has 0 aromatic heterocycles. The Morgan fingerprint density at radius 2 is 1.84 bits per heavy atom. The molecule has 2 aromatic rings. The van der Waals surface area contributed by atoms with Gasteiger partial charge in [-0.1, -0.05) is 29.8 Å². The standard InChI is InChI=1S/C16H14ClFO/c1-10-3-4-12(7-11(10)2)8-16(19)13-5-6-14(17)15(18)9-13/h3-7,9H,8H2,1-2H3. The van der Waals surface area contributed by atoms with Crippen molar-refractivity contribution in [1.82, 2.24) is 0 Å². The number of benzene rings is 2. The highest BCUT2D eigenvalue weighted by molar-refractivity contribution is 6.30. The first-order chi connectivity index (χ1) is 8.97. The Balaban J connectivity index is 2.20. The van der Waals surface area contributed by atoms with E-state index >= 15 is 0 Å². The molecule has 0 aliphatic rings. The average molecular weight is 277 g/mol. The molecule has 0 spiro atoms. The topological polar surface area (TPSA) is 17.1 Å². The fraction of sp³-hybridized carbons (Fsp3) is 0.188. The zero-order valence-electron chi connectivity index (χ0n) is 10.8. The molecule has 0 amide bonds. The molecule has 0 heterocycles. The van der Waals surface area contributed by atoms with Crippen LogP contribution in [0.4, 0.5) is 4.39 Å². The van der Waals surface area contributed by atoms with Gasteiger partial charge in [0.2, 0.25) is 0 Å².